The second kappa shape index (κ2) is 6.91. The van der Waals surface area contributed by atoms with Crippen molar-refractivity contribution in [2.24, 2.45) is 0 Å². The highest BCUT2D eigenvalue weighted by Gasteiger charge is 2.18. The summed E-state index contributed by atoms with van der Waals surface area (Å²) in [4.78, 5) is 21.7. The van der Waals surface area contributed by atoms with Crippen LogP contribution in [0.15, 0.2) is 35.4 Å². The van der Waals surface area contributed by atoms with Crippen molar-refractivity contribution >= 4 is 39.2 Å². The molecule has 0 spiro atoms. The van der Waals surface area contributed by atoms with E-state index >= 15 is 0 Å². The predicted molar refractivity (Wildman–Crippen MR) is 112 cm³/mol. The first-order valence-electron chi connectivity index (χ1n) is 9.20. The first kappa shape index (κ1) is 18.4. The average Bonchev–Trinajstić information content (AvgIpc) is 3.00. The molecule has 7 nitrogen and oxygen atoms in total. The van der Waals surface area contributed by atoms with Crippen LogP contribution in [-0.4, -0.2) is 24.3 Å². The zero-order valence-corrected chi connectivity index (χ0v) is 16.7. The number of hydrogen-bond donors (Lipinski definition) is 1. The molecule has 0 bridgehead atoms. The van der Waals surface area contributed by atoms with E-state index in [9.17, 15) is 4.79 Å². The molecule has 0 fully saturated rings. The highest BCUT2D eigenvalue weighted by atomic mass is 35.5. The fourth-order valence-corrected chi connectivity index (χ4v) is 3.95. The van der Waals surface area contributed by atoms with Crippen molar-refractivity contribution in [1.29, 1.82) is 0 Å². The number of anilines is 1. The summed E-state index contributed by atoms with van der Waals surface area (Å²) in [5.74, 6) is 0.416. The number of rotatable bonds is 4. The van der Waals surface area contributed by atoms with Gasteiger partial charge in [0.25, 0.3) is 5.56 Å². The fraction of sp³-hybridized carbons (Fsp3) is 0.300. The monoisotopic (exact) mass is 396 g/mol. The average molecular weight is 397 g/mol. The van der Waals surface area contributed by atoms with Gasteiger partial charge in [-0.1, -0.05) is 30.7 Å². The van der Waals surface area contributed by atoms with Crippen LogP contribution in [0, 0.1) is 0 Å². The fourth-order valence-electron chi connectivity index (χ4n) is 3.69. The first-order valence-corrected chi connectivity index (χ1v) is 9.58. The molecule has 0 saturated carbocycles. The Kier molecular flexibility index (Phi) is 4.55. The van der Waals surface area contributed by atoms with Crippen LogP contribution in [0.2, 0.25) is 5.02 Å². The summed E-state index contributed by atoms with van der Waals surface area (Å²) in [5.41, 5.74) is 8.30. The Balaban J connectivity index is 1.96. The number of hydrogen-bond acceptors (Lipinski definition) is 5. The Morgan fingerprint density at radius 2 is 2.00 bits per heavy atom. The summed E-state index contributed by atoms with van der Waals surface area (Å²) in [6.45, 7) is 6.36. The summed E-state index contributed by atoms with van der Waals surface area (Å²) in [7, 11) is 0. The molecule has 0 aliphatic heterocycles. The van der Waals surface area contributed by atoms with Gasteiger partial charge in [-0.05, 0) is 37.8 Å². The quantitative estimate of drug-likeness (QED) is 0.569. The second-order valence-corrected chi connectivity index (χ2v) is 7.43. The number of fused-ring (bicyclic) bond motifs is 2. The molecule has 2 N–H and O–H groups in total. The number of halogens is 1. The van der Waals surface area contributed by atoms with E-state index in [2.05, 4.69) is 15.1 Å². The van der Waals surface area contributed by atoms with E-state index < -0.39 is 0 Å². The van der Waals surface area contributed by atoms with Gasteiger partial charge in [0.2, 0.25) is 0 Å². The highest BCUT2D eigenvalue weighted by molar-refractivity contribution is 6.35. The minimum absolute atomic E-state index is 0.0321. The van der Waals surface area contributed by atoms with Gasteiger partial charge >= 0.3 is 0 Å². The van der Waals surface area contributed by atoms with Gasteiger partial charge < -0.3 is 10.3 Å². The number of aromatic nitrogens is 5. The lowest BCUT2D eigenvalue weighted by molar-refractivity contribution is 0.532. The number of benzene rings is 1. The molecule has 8 heteroatoms. The first-order chi connectivity index (χ1) is 13.4. The molecule has 0 atom stereocenters. The lowest BCUT2D eigenvalue weighted by Gasteiger charge is -2.18. The number of aryl methyl sites for hydroxylation is 1. The van der Waals surface area contributed by atoms with Crippen LogP contribution in [-0.2, 0) is 13.0 Å². The van der Waals surface area contributed by atoms with Crippen LogP contribution in [0.1, 0.15) is 38.2 Å². The van der Waals surface area contributed by atoms with Gasteiger partial charge in [-0.15, -0.1) is 0 Å². The van der Waals surface area contributed by atoms with E-state index in [0.717, 1.165) is 22.2 Å². The number of pyridine rings is 1. The van der Waals surface area contributed by atoms with E-state index in [0.29, 0.717) is 34.8 Å². The molecule has 0 aliphatic carbocycles. The molecular formula is C20H21ClN6O. The molecule has 0 aliphatic rings. The maximum Gasteiger partial charge on any atom is 0.260 e. The van der Waals surface area contributed by atoms with E-state index in [1.54, 1.807) is 15.3 Å². The third-order valence-electron chi connectivity index (χ3n) is 4.90. The van der Waals surface area contributed by atoms with Crippen molar-refractivity contribution in [1.82, 2.24) is 24.3 Å². The summed E-state index contributed by atoms with van der Waals surface area (Å²) < 4.78 is 3.55. The van der Waals surface area contributed by atoms with Crippen LogP contribution in [0.5, 0.6) is 0 Å². The lowest BCUT2D eigenvalue weighted by Crippen LogP contribution is -2.27. The van der Waals surface area contributed by atoms with Crippen molar-refractivity contribution in [3.8, 4) is 0 Å². The largest absolute Gasteiger partial charge is 0.383 e. The zero-order valence-electron chi connectivity index (χ0n) is 16.0. The van der Waals surface area contributed by atoms with Gasteiger partial charge in [-0.3, -0.25) is 4.79 Å². The molecule has 4 aromatic rings. The second-order valence-electron chi connectivity index (χ2n) is 7.02. The van der Waals surface area contributed by atoms with Crippen molar-refractivity contribution in [2.45, 2.75) is 39.8 Å². The summed E-state index contributed by atoms with van der Waals surface area (Å²) >= 11 is 6.31. The molecule has 28 heavy (non-hydrogen) atoms. The van der Waals surface area contributed by atoms with E-state index in [1.165, 1.54) is 6.33 Å². The highest BCUT2D eigenvalue weighted by Crippen LogP contribution is 2.25. The summed E-state index contributed by atoms with van der Waals surface area (Å²) in [6, 6.07) is 7.45. The maximum absolute atomic E-state index is 13.2. The van der Waals surface area contributed by atoms with Crippen LogP contribution < -0.4 is 11.3 Å². The third-order valence-corrected chi connectivity index (χ3v) is 5.22. The van der Waals surface area contributed by atoms with Gasteiger partial charge in [-0.2, -0.15) is 5.10 Å². The minimum atomic E-state index is -0.102. The Labute approximate surface area is 166 Å². The topological polar surface area (TPSA) is 91.6 Å². The third kappa shape index (κ3) is 2.82. The molecule has 0 radical (unpaired) electrons. The molecule has 0 unspecified atom stereocenters. The SMILES string of the molecule is CCc1nn(Cc2cc3cccc(Cl)c3c(=O)n2C(C)C)c2ncnc(N)c12. The number of nitrogen functional groups attached to an aromatic ring is 1. The standard InChI is InChI=1S/C20H21ClN6O/c1-4-15-17-18(22)23-10-24-19(17)26(25-15)9-13-8-12-6-5-7-14(21)16(12)20(28)27(13)11(2)3/h5-8,10-11H,4,9H2,1-3H3,(H2,22,23,24). The lowest BCUT2D eigenvalue weighted by atomic mass is 10.1. The van der Waals surface area contributed by atoms with Gasteiger partial charge in [0.15, 0.2) is 5.65 Å². The number of nitrogens with zero attached hydrogens (tertiary/aromatic N) is 5. The van der Waals surface area contributed by atoms with Gasteiger partial charge in [0, 0.05) is 11.7 Å². The normalized spacial score (nSPS) is 11.8. The molecule has 0 saturated heterocycles. The maximum atomic E-state index is 13.2. The van der Waals surface area contributed by atoms with Gasteiger partial charge in [0.1, 0.15) is 12.1 Å². The molecule has 144 valence electrons. The van der Waals surface area contributed by atoms with Gasteiger partial charge in [-0.25, -0.2) is 14.6 Å². The Morgan fingerprint density at radius 1 is 1.21 bits per heavy atom. The van der Waals surface area contributed by atoms with E-state index in [4.69, 9.17) is 17.3 Å². The van der Waals surface area contributed by atoms with Crippen LogP contribution in [0.4, 0.5) is 5.82 Å². The van der Waals surface area contributed by atoms with Crippen molar-refractivity contribution in [3.63, 3.8) is 0 Å². The predicted octanol–water partition coefficient (Wildman–Crippen LogP) is 3.57. The van der Waals surface area contributed by atoms with Crippen molar-refractivity contribution in [2.75, 3.05) is 5.73 Å². The molecule has 4 rings (SSSR count). The van der Waals surface area contributed by atoms with Crippen LogP contribution in [0.25, 0.3) is 21.8 Å². The molecular weight excluding hydrogens is 376 g/mol. The molecule has 3 heterocycles. The summed E-state index contributed by atoms with van der Waals surface area (Å²) in [6.07, 6.45) is 2.15. The Morgan fingerprint density at radius 3 is 2.71 bits per heavy atom. The van der Waals surface area contributed by atoms with Gasteiger partial charge in [0.05, 0.1) is 28.0 Å². The van der Waals surface area contributed by atoms with Crippen LogP contribution >= 0.6 is 11.6 Å². The smallest absolute Gasteiger partial charge is 0.260 e. The minimum Gasteiger partial charge on any atom is -0.383 e. The molecule has 3 aromatic heterocycles. The summed E-state index contributed by atoms with van der Waals surface area (Å²) in [5, 5.41) is 7.26. The molecule has 1 aromatic carbocycles. The Hall–Kier alpha value is -2.93. The van der Waals surface area contributed by atoms with E-state index in [1.807, 2.05) is 39.0 Å². The van der Waals surface area contributed by atoms with E-state index in [-0.39, 0.29) is 11.6 Å². The molecule has 0 amide bonds. The van der Waals surface area contributed by atoms with Crippen molar-refractivity contribution < 1.29 is 0 Å². The van der Waals surface area contributed by atoms with Crippen LogP contribution in [0.3, 0.4) is 0 Å². The Bertz CT molecular complexity index is 1260. The van der Waals surface area contributed by atoms with Crippen molar-refractivity contribution in [3.05, 3.63) is 57.4 Å². The number of nitrogens with two attached hydrogens (primary N) is 1. The zero-order chi connectivity index (χ0) is 20.0.